The lowest BCUT2D eigenvalue weighted by Crippen LogP contribution is -2.41. The van der Waals surface area contributed by atoms with Crippen LogP contribution in [0.3, 0.4) is 0 Å². The van der Waals surface area contributed by atoms with Gasteiger partial charge in [-0.2, -0.15) is 0 Å². The Labute approximate surface area is 150 Å². The molecule has 0 spiro atoms. The summed E-state index contributed by atoms with van der Waals surface area (Å²) in [5, 5.41) is 2.98. The van der Waals surface area contributed by atoms with Gasteiger partial charge in [-0.25, -0.2) is 0 Å². The lowest BCUT2D eigenvalue weighted by molar-refractivity contribution is -0.122. The van der Waals surface area contributed by atoms with Crippen LogP contribution in [-0.2, 0) is 11.3 Å². The Kier molecular flexibility index (Phi) is 7.37. The van der Waals surface area contributed by atoms with Crippen LogP contribution in [0.15, 0.2) is 12.1 Å². The van der Waals surface area contributed by atoms with E-state index in [-0.39, 0.29) is 5.91 Å². The topological polar surface area (TPSA) is 60.0 Å². The number of rotatable bonds is 8. The van der Waals surface area contributed by atoms with Gasteiger partial charge in [-0.15, -0.1) is 0 Å². The number of amides is 1. The number of nitrogens with one attached hydrogen (secondary N) is 1. The first-order valence-electron chi connectivity index (χ1n) is 8.84. The first-order valence-corrected chi connectivity index (χ1v) is 8.84. The Hall–Kier alpha value is -1.95. The number of benzene rings is 1. The van der Waals surface area contributed by atoms with Crippen LogP contribution in [0.2, 0.25) is 0 Å². The molecule has 1 aliphatic rings. The molecule has 1 saturated carbocycles. The second-order valence-corrected chi connectivity index (χ2v) is 6.50. The van der Waals surface area contributed by atoms with E-state index >= 15 is 0 Å². The van der Waals surface area contributed by atoms with Gasteiger partial charge in [-0.1, -0.05) is 19.3 Å². The molecule has 1 amide bonds. The van der Waals surface area contributed by atoms with E-state index in [9.17, 15) is 4.79 Å². The van der Waals surface area contributed by atoms with Crippen LogP contribution in [0.4, 0.5) is 0 Å². The summed E-state index contributed by atoms with van der Waals surface area (Å²) in [6.07, 6.45) is 6.22. The summed E-state index contributed by atoms with van der Waals surface area (Å²) in [5.41, 5.74) is 0.855. The number of nitrogens with zero attached hydrogens (tertiary/aromatic N) is 1. The number of likely N-dealkylation sites (N-methyl/N-ethyl adjacent to an activating group) is 1. The SMILES string of the molecule is COc1cc(OC)c(OC)cc1CNC(=O)CN(C)C1CCCCC1. The van der Waals surface area contributed by atoms with Crippen LogP contribution in [0.5, 0.6) is 17.2 Å². The molecular weight excluding hydrogens is 320 g/mol. The fourth-order valence-corrected chi connectivity index (χ4v) is 3.36. The molecule has 0 bridgehead atoms. The number of hydrogen-bond acceptors (Lipinski definition) is 5. The molecule has 0 atom stereocenters. The number of methoxy groups -OCH3 is 3. The second-order valence-electron chi connectivity index (χ2n) is 6.50. The molecule has 1 fully saturated rings. The number of carbonyl (C=O) groups is 1. The van der Waals surface area contributed by atoms with Crippen molar-refractivity contribution in [1.29, 1.82) is 0 Å². The predicted molar refractivity (Wildman–Crippen MR) is 97.4 cm³/mol. The lowest BCUT2D eigenvalue weighted by Gasteiger charge is -2.30. The summed E-state index contributed by atoms with van der Waals surface area (Å²) in [4.78, 5) is 14.5. The average molecular weight is 350 g/mol. The zero-order chi connectivity index (χ0) is 18.2. The molecule has 6 nitrogen and oxygen atoms in total. The standard InChI is InChI=1S/C19H30N2O4/c1-21(15-8-6-5-7-9-15)13-19(22)20-12-14-10-17(24-3)18(25-4)11-16(14)23-2/h10-11,15H,5-9,12-13H2,1-4H3,(H,20,22). The maximum Gasteiger partial charge on any atom is 0.234 e. The Morgan fingerprint density at radius 1 is 1.04 bits per heavy atom. The van der Waals surface area contributed by atoms with E-state index in [0.29, 0.717) is 36.4 Å². The highest BCUT2D eigenvalue weighted by Crippen LogP contribution is 2.34. The minimum absolute atomic E-state index is 0.0184. The van der Waals surface area contributed by atoms with Crippen molar-refractivity contribution in [3.05, 3.63) is 17.7 Å². The van der Waals surface area contributed by atoms with Gasteiger partial charge in [0.25, 0.3) is 0 Å². The molecule has 0 unspecified atom stereocenters. The van der Waals surface area contributed by atoms with E-state index in [1.165, 1.54) is 32.1 Å². The van der Waals surface area contributed by atoms with Gasteiger partial charge in [0.1, 0.15) is 5.75 Å². The molecule has 1 aliphatic carbocycles. The molecule has 0 saturated heterocycles. The molecule has 0 aliphatic heterocycles. The van der Waals surface area contributed by atoms with Crippen LogP contribution < -0.4 is 19.5 Å². The van der Waals surface area contributed by atoms with E-state index in [1.807, 2.05) is 13.1 Å². The third-order valence-electron chi connectivity index (χ3n) is 4.85. The van der Waals surface area contributed by atoms with Gasteiger partial charge in [0.15, 0.2) is 11.5 Å². The molecule has 1 aromatic carbocycles. The molecule has 25 heavy (non-hydrogen) atoms. The summed E-state index contributed by atoms with van der Waals surface area (Å²) in [5.74, 6) is 1.90. The van der Waals surface area contributed by atoms with Crippen molar-refractivity contribution < 1.29 is 19.0 Å². The van der Waals surface area contributed by atoms with Crippen LogP contribution in [0.25, 0.3) is 0 Å². The van der Waals surface area contributed by atoms with E-state index in [1.54, 1.807) is 27.4 Å². The van der Waals surface area contributed by atoms with Gasteiger partial charge in [0.05, 0.1) is 27.9 Å². The normalized spacial score (nSPS) is 15.1. The minimum Gasteiger partial charge on any atom is -0.496 e. The number of carbonyl (C=O) groups excluding carboxylic acids is 1. The lowest BCUT2D eigenvalue weighted by atomic mass is 9.94. The fourth-order valence-electron chi connectivity index (χ4n) is 3.36. The van der Waals surface area contributed by atoms with Gasteiger partial charge >= 0.3 is 0 Å². The summed E-state index contributed by atoms with van der Waals surface area (Å²) < 4.78 is 16.0. The molecule has 0 heterocycles. The molecule has 1 N–H and O–H groups in total. The van der Waals surface area contributed by atoms with E-state index in [2.05, 4.69) is 10.2 Å². The maximum absolute atomic E-state index is 12.3. The van der Waals surface area contributed by atoms with E-state index < -0.39 is 0 Å². The molecule has 1 aromatic rings. The smallest absolute Gasteiger partial charge is 0.234 e. The van der Waals surface area contributed by atoms with Crippen molar-refractivity contribution in [3.8, 4) is 17.2 Å². The van der Waals surface area contributed by atoms with Crippen molar-refractivity contribution >= 4 is 5.91 Å². The second kappa shape index (κ2) is 9.51. The average Bonchev–Trinajstić information content (AvgIpc) is 2.66. The maximum atomic E-state index is 12.3. The monoisotopic (exact) mass is 350 g/mol. The quantitative estimate of drug-likeness (QED) is 0.781. The Balaban J connectivity index is 1.94. The molecule has 6 heteroatoms. The van der Waals surface area contributed by atoms with Crippen LogP contribution >= 0.6 is 0 Å². The highest BCUT2D eigenvalue weighted by Gasteiger charge is 2.20. The van der Waals surface area contributed by atoms with Crippen LogP contribution in [0, 0.1) is 0 Å². The third-order valence-corrected chi connectivity index (χ3v) is 4.85. The first kappa shape index (κ1) is 19.4. The van der Waals surface area contributed by atoms with Gasteiger partial charge in [0, 0.05) is 24.2 Å². The van der Waals surface area contributed by atoms with Gasteiger partial charge < -0.3 is 19.5 Å². The molecule has 2 rings (SSSR count). The van der Waals surface area contributed by atoms with Crippen molar-refractivity contribution in [2.45, 2.75) is 44.7 Å². The molecule has 0 radical (unpaired) electrons. The zero-order valence-corrected chi connectivity index (χ0v) is 15.8. The highest BCUT2D eigenvalue weighted by atomic mass is 16.5. The molecular formula is C19H30N2O4. The summed E-state index contributed by atoms with van der Waals surface area (Å²) >= 11 is 0. The predicted octanol–water partition coefficient (Wildman–Crippen LogP) is 2.59. The first-order chi connectivity index (χ1) is 12.1. The summed E-state index contributed by atoms with van der Waals surface area (Å²) in [7, 11) is 6.81. The van der Waals surface area contributed by atoms with Crippen molar-refractivity contribution in [1.82, 2.24) is 10.2 Å². The Morgan fingerprint density at radius 2 is 1.64 bits per heavy atom. The van der Waals surface area contributed by atoms with Crippen molar-refractivity contribution in [2.24, 2.45) is 0 Å². The highest BCUT2D eigenvalue weighted by molar-refractivity contribution is 5.78. The van der Waals surface area contributed by atoms with E-state index in [0.717, 1.165) is 5.56 Å². The van der Waals surface area contributed by atoms with Gasteiger partial charge in [0.2, 0.25) is 5.91 Å². The fraction of sp³-hybridized carbons (Fsp3) is 0.632. The Morgan fingerprint density at radius 3 is 2.24 bits per heavy atom. The molecule has 140 valence electrons. The van der Waals surface area contributed by atoms with Gasteiger partial charge in [-0.05, 0) is 26.0 Å². The Bertz CT molecular complexity index is 571. The van der Waals surface area contributed by atoms with Crippen LogP contribution in [-0.4, -0.2) is 51.8 Å². The van der Waals surface area contributed by atoms with Gasteiger partial charge in [-0.3, -0.25) is 9.69 Å². The number of ether oxygens (including phenoxy) is 3. The molecule has 0 aromatic heterocycles. The van der Waals surface area contributed by atoms with E-state index in [4.69, 9.17) is 14.2 Å². The summed E-state index contributed by atoms with van der Waals surface area (Å²) in [6.45, 7) is 0.807. The van der Waals surface area contributed by atoms with Crippen LogP contribution in [0.1, 0.15) is 37.7 Å². The van der Waals surface area contributed by atoms with Crippen molar-refractivity contribution in [3.63, 3.8) is 0 Å². The van der Waals surface area contributed by atoms with Crippen molar-refractivity contribution in [2.75, 3.05) is 34.9 Å². The minimum atomic E-state index is 0.0184. The number of hydrogen-bond donors (Lipinski definition) is 1. The third kappa shape index (κ3) is 5.26. The summed E-state index contributed by atoms with van der Waals surface area (Å²) in [6, 6.07) is 4.13. The largest absolute Gasteiger partial charge is 0.496 e. The zero-order valence-electron chi connectivity index (χ0n) is 15.8.